The van der Waals surface area contributed by atoms with Crippen LogP contribution in [0.5, 0.6) is 5.75 Å². The van der Waals surface area contributed by atoms with Crippen molar-refractivity contribution in [3.05, 3.63) is 33.4 Å². The van der Waals surface area contributed by atoms with E-state index in [9.17, 15) is 9.59 Å². The van der Waals surface area contributed by atoms with Crippen LogP contribution in [0, 0.1) is 0 Å². The normalized spacial score (nSPS) is 17.1. The number of rotatable bonds is 2. The number of likely N-dealkylation sites (N-methyl/N-ethyl adjacent to an activating group) is 1. The van der Waals surface area contributed by atoms with Crippen molar-refractivity contribution in [1.29, 1.82) is 0 Å². The van der Waals surface area contributed by atoms with Gasteiger partial charge in [0.25, 0.3) is 5.91 Å². The van der Waals surface area contributed by atoms with Crippen LogP contribution in [0.25, 0.3) is 6.08 Å². The first-order valence-corrected chi connectivity index (χ1v) is 6.03. The van der Waals surface area contributed by atoms with Crippen molar-refractivity contribution in [1.82, 2.24) is 10.2 Å². The first-order chi connectivity index (χ1) is 8.93. The van der Waals surface area contributed by atoms with E-state index in [4.69, 9.17) is 27.9 Å². The van der Waals surface area contributed by atoms with Crippen molar-refractivity contribution in [3.63, 3.8) is 0 Å². The summed E-state index contributed by atoms with van der Waals surface area (Å²) in [5.74, 6) is -0.0440. The average molecular weight is 301 g/mol. The van der Waals surface area contributed by atoms with E-state index in [0.29, 0.717) is 21.4 Å². The number of imide groups is 1. The van der Waals surface area contributed by atoms with Gasteiger partial charge in [0.15, 0.2) is 5.75 Å². The van der Waals surface area contributed by atoms with Crippen LogP contribution < -0.4 is 10.1 Å². The fourth-order valence-electron chi connectivity index (χ4n) is 1.65. The lowest BCUT2D eigenvalue weighted by molar-refractivity contribution is -0.121. The van der Waals surface area contributed by atoms with Crippen LogP contribution in [0.4, 0.5) is 4.79 Å². The largest absolute Gasteiger partial charge is 0.494 e. The molecule has 7 heteroatoms. The molecule has 0 atom stereocenters. The highest BCUT2D eigenvalue weighted by molar-refractivity contribution is 6.37. The first kappa shape index (κ1) is 13.7. The minimum atomic E-state index is -0.470. The molecule has 1 N–H and O–H groups in total. The molecule has 19 heavy (non-hydrogen) atoms. The van der Waals surface area contributed by atoms with E-state index in [1.54, 1.807) is 12.1 Å². The molecule has 0 radical (unpaired) electrons. The van der Waals surface area contributed by atoms with Crippen molar-refractivity contribution in [3.8, 4) is 5.75 Å². The summed E-state index contributed by atoms with van der Waals surface area (Å²) in [6.07, 6.45) is 1.50. The summed E-state index contributed by atoms with van der Waals surface area (Å²) in [5, 5.41) is 3.10. The van der Waals surface area contributed by atoms with Gasteiger partial charge in [0, 0.05) is 7.05 Å². The molecular weight excluding hydrogens is 291 g/mol. The smallest absolute Gasteiger partial charge is 0.328 e. The standard InChI is InChI=1S/C12H10Cl2N2O3/c1-16-11(17)9(15-12(16)18)5-6-3-7(13)10(19-2)8(14)4-6/h3-5H,1-2H3,(H,15,18)/b9-5+. The number of carbonyl (C=O) groups excluding carboxylic acids is 2. The van der Waals surface area contributed by atoms with E-state index in [0.717, 1.165) is 4.90 Å². The van der Waals surface area contributed by atoms with E-state index in [-0.39, 0.29) is 5.70 Å². The van der Waals surface area contributed by atoms with Gasteiger partial charge in [0.05, 0.1) is 17.2 Å². The van der Waals surface area contributed by atoms with Crippen LogP contribution in [0.3, 0.4) is 0 Å². The summed E-state index contributed by atoms with van der Waals surface area (Å²) < 4.78 is 5.03. The molecule has 0 spiro atoms. The summed E-state index contributed by atoms with van der Waals surface area (Å²) in [7, 11) is 2.85. The Bertz CT molecular complexity index is 576. The summed E-state index contributed by atoms with van der Waals surface area (Å²) >= 11 is 12.0. The van der Waals surface area contributed by atoms with E-state index in [1.165, 1.54) is 20.2 Å². The predicted molar refractivity (Wildman–Crippen MR) is 72.3 cm³/mol. The number of nitrogens with one attached hydrogen (secondary N) is 1. The minimum Gasteiger partial charge on any atom is -0.494 e. The molecule has 0 unspecified atom stereocenters. The lowest BCUT2D eigenvalue weighted by Gasteiger charge is -2.06. The second-order valence-electron chi connectivity index (χ2n) is 3.87. The molecule has 1 aromatic carbocycles. The molecular formula is C12H10Cl2N2O3. The van der Waals surface area contributed by atoms with Gasteiger partial charge in [-0.2, -0.15) is 0 Å². The Kier molecular flexibility index (Phi) is 3.68. The van der Waals surface area contributed by atoms with Gasteiger partial charge in [-0.25, -0.2) is 4.79 Å². The second-order valence-corrected chi connectivity index (χ2v) is 4.68. The van der Waals surface area contributed by atoms with Gasteiger partial charge in [0.2, 0.25) is 0 Å². The predicted octanol–water partition coefficient (Wildman–Crippen LogP) is 2.52. The topological polar surface area (TPSA) is 58.6 Å². The van der Waals surface area contributed by atoms with Gasteiger partial charge in [-0.1, -0.05) is 23.2 Å². The number of nitrogens with zero attached hydrogens (tertiary/aromatic N) is 1. The summed E-state index contributed by atoms with van der Waals surface area (Å²) in [6.45, 7) is 0. The Hall–Kier alpha value is -1.72. The minimum absolute atomic E-state index is 0.171. The van der Waals surface area contributed by atoms with Gasteiger partial charge in [0.1, 0.15) is 5.70 Å². The van der Waals surface area contributed by atoms with Gasteiger partial charge in [-0.15, -0.1) is 0 Å². The summed E-state index contributed by atoms with van der Waals surface area (Å²) in [4.78, 5) is 24.0. The molecule has 100 valence electrons. The van der Waals surface area contributed by atoms with Crippen LogP contribution in [-0.4, -0.2) is 31.0 Å². The highest BCUT2D eigenvalue weighted by atomic mass is 35.5. The SMILES string of the molecule is COc1c(Cl)cc(/C=C2/NC(=O)N(C)C2=O)cc1Cl. The molecule has 1 aliphatic rings. The van der Waals surface area contributed by atoms with Crippen LogP contribution >= 0.6 is 23.2 Å². The van der Waals surface area contributed by atoms with Crippen molar-refractivity contribution in [2.24, 2.45) is 0 Å². The van der Waals surface area contributed by atoms with Crippen LogP contribution in [0.15, 0.2) is 17.8 Å². The highest BCUT2D eigenvalue weighted by Gasteiger charge is 2.30. The molecule has 1 saturated heterocycles. The lowest BCUT2D eigenvalue weighted by Crippen LogP contribution is -2.25. The average Bonchev–Trinajstić information content (AvgIpc) is 2.57. The molecule has 1 aliphatic heterocycles. The van der Waals surface area contributed by atoms with Crippen LogP contribution in [0.1, 0.15) is 5.56 Å². The number of carbonyl (C=O) groups is 2. The van der Waals surface area contributed by atoms with Crippen LogP contribution in [-0.2, 0) is 4.79 Å². The number of ether oxygens (including phenoxy) is 1. The van der Waals surface area contributed by atoms with Gasteiger partial charge >= 0.3 is 6.03 Å². The molecule has 0 aromatic heterocycles. The molecule has 2 rings (SSSR count). The zero-order valence-electron chi connectivity index (χ0n) is 10.2. The van der Waals surface area contributed by atoms with Crippen LogP contribution in [0.2, 0.25) is 10.0 Å². The molecule has 1 fully saturated rings. The maximum Gasteiger partial charge on any atom is 0.328 e. The highest BCUT2D eigenvalue weighted by Crippen LogP contribution is 2.34. The Morgan fingerprint density at radius 2 is 1.84 bits per heavy atom. The van der Waals surface area contributed by atoms with Gasteiger partial charge in [-0.3, -0.25) is 9.69 Å². The Balaban J connectivity index is 2.40. The van der Waals surface area contributed by atoms with Crippen molar-refractivity contribution in [2.75, 3.05) is 14.2 Å². The van der Waals surface area contributed by atoms with Gasteiger partial charge in [-0.05, 0) is 23.8 Å². The van der Waals surface area contributed by atoms with E-state index in [1.807, 2.05) is 0 Å². The molecule has 0 bridgehead atoms. The molecule has 1 heterocycles. The number of benzene rings is 1. The molecule has 1 aromatic rings. The lowest BCUT2D eigenvalue weighted by atomic mass is 10.2. The zero-order chi connectivity index (χ0) is 14.2. The molecule has 3 amide bonds. The van der Waals surface area contributed by atoms with E-state index < -0.39 is 11.9 Å². The Morgan fingerprint density at radius 1 is 1.26 bits per heavy atom. The van der Waals surface area contributed by atoms with E-state index >= 15 is 0 Å². The molecule has 5 nitrogen and oxygen atoms in total. The second kappa shape index (κ2) is 5.11. The summed E-state index contributed by atoms with van der Waals surface area (Å²) in [5.41, 5.74) is 0.763. The number of halogens is 2. The maximum atomic E-state index is 11.7. The third kappa shape index (κ3) is 2.52. The fourth-order valence-corrected chi connectivity index (χ4v) is 2.31. The Labute approximate surface area is 119 Å². The quantitative estimate of drug-likeness (QED) is 0.674. The fraction of sp³-hybridized carbons (Fsp3) is 0.167. The molecule has 0 saturated carbocycles. The van der Waals surface area contributed by atoms with Crippen molar-refractivity contribution in [2.45, 2.75) is 0 Å². The van der Waals surface area contributed by atoms with E-state index in [2.05, 4.69) is 5.32 Å². The third-order valence-corrected chi connectivity index (χ3v) is 3.18. The Morgan fingerprint density at radius 3 is 2.26 bits per heavy atom. The summed E-state index contributed by atoms with van der Waals surface area (Å²) in [6, 6.07) is 2.72. The molecule has 0 aliphatic carbocycles. The number of urea groups is 1. The van der Waals surface area contributed by atoms with Gasteiger partial charge < -0.3 is 10.1 Å². The number of amides is 3. The number of hydrogen-bond acceptors (Lipinski definition) is 3. The monoisotopic (exact) mass is 300 g/mol. The third-order valence-electron chi connectivity index (χ3n) is 2.62. The number of hydrogen-bond donors (Lipinski definition) is 1. The number of methoxy groups -OCH3 is 1. The maximum absolute atomic E-state index is 11.7. The first-order valence-electron chi connectivity index (χ1n) is 5.28. The zero-order valence-corrected chi connectivity index (χ0v) is 11.7. The van der Waals surface area contributed by atoms with Crippen molar-refractivity contribution >= 4 is 41.2 Å². The van der Waals surface area contributed by atoms with Crippen molar-refractivity contribution < 1.29 is 14.3 Å².